The number of hydrogen-bond donors (Lipinski definition) is 1. The molecule has 0 aliphatic heterocycles. The van der Waals surface area contributed by atoms with Crippen LogP contribution in [0.25, 0.3) is 0 Å². The van der Waals surface area contributed by atoms with Crippen LogP contribution >= 0.6 is 39.9 Å². The number of aliphatic imine (C=N–C) groups is 1. The Morgan fingerprint density at radius 3 is 2.56 bits per heavy atom. The van der Waals surface area contributed by atoms with Gasteiger partial charge in [-0.15, -0.1) is 30.6 Å². The predicted octanol–water partition coefficient (Wildman–Crippen LogP) is 3.26. The lowest BCUT2D eigenvalue weighted by atomic mass is 10.2. The standard InChI is InChI=1S/C13H18BrN3.HI/c1-4-9-16-13(15-2)17(3)10-11-5-7-12(14)8-6-11;/h4-8H,1,9-10H2,2-3H3,(H,15,16);1H. The largest absolute Gasteiger partial charge is 0.353 e. The third-order valence-electron chi connectivity index (χ3n) is 2.31. The first-order valence-electron chi connectivity index (χ1n) is 5.44. The highest BCUT2D eigenvalue weighted by Gasteiger charge is 2.05. The number of nitrogens with one attached hydrogen (secondary N) is 1. The summed E-state index contributed by atoms with van der Waals surface area (Å²) in [5.41, 5.74) is 1.25. The van der Waals surface area contributed by atoms with Crippen molar-refractivity contribution in [2.45, 2.75) is 6.54 Å². The van der Waals surface area contributed by atoms with Crippen molar-refractivity contribution in [3.8, 4) is 0 Å². The van der Waals surface area contributed by atoms with Crippen LogP contribution in [0.2, 0.25) is 0 Å². The van der Waals surface area contributed by atoms with Gasteiger partial charge in [-0.05, 0) is 17.7 Å². The SMILES string of the molecule is C=CCNC(=NC)N(C)Cc1ccc(Br)cc1.I. The summed E-state index contributed by atoms with van der Waals surface area (Å²) in [7, 11) is 3.80. The fourth-order valence-electron chi connectivity index (χ4n) is 1.49. The predicted molar refractivity (Wildman–Crippen MR) is 92.6 cm³/mol. The van der Waals surface area contributed by atoms with Crippen molar-refractivity contribution in [3.63, 3.8) is 0 Å². The zero-order valence-corrected chi connectivity index (χ0v) is 14.6. The highest BCUT2D eigenvalue weighted by Crippen LogP contribution is 2.11. The fraction of sp³-hybridized carbons (Fsp3) is 0.308. The maximum absolute atomic E-state index is 4.21. The molecule has 0 unspecified atom stereocenters. The quantitative estimate of drug-likeness (QED) is 0.348. The molecule has 0 spiro atoms. The summed E-state index contributed by atoms with van der Waals surface area (Å²) < 4.78 is 1.10. The first-order valence-corrected chi connectivity index (χ1v) is 6.23. The Morgan fingerprint density at radius 2 is 2.06 bits per heavy atom. The van der Waals surface area contributed by atoms with Crippen LogP contribution in [-0.4, -0.2) is 31.5 Å². The molecule has 0 aliphatic rings. The molecule has 100 valence electrons. The van der Waals surface area contributed by atoms with Crippen molar-refractivity contribution in [2.75, 3.05) is 20.6 Å². The van der Waals surface area contributed by atoms with Crippen molar-refractivity contribution < 1.29 is 0 Å². The van der Waals surface area contributed by atoms with Crippen molar-refractivity contribution in [1.29, 1.82) is 0 Å². The minimum atomic E-state index is 0. The first-order chi connectivity index (χ1) is 8.17. The average molecular weight is 424 g/mol. The van der Waals surface area contributed by atoms with E-state index in [0.29, 0.717) is 0 Å². The number of nitrogens with zero attached hydrogens (tertiary/aromatic N) is 2. The third kappa shape index (κ3) is 5.86. The molecule has 0 saturated heterocycles. The van der Waals surface area contributed by atoms with Gasteiger partial charge in [0.05, 0.1) is 0 Å². The Bertz CT molecular complexity index is 390. The first kappa shape index (κ1) is 17.4. The molecule has 0 amide bonds. The van der Waals surface area contributed by atoms with Gasteiger partial charge in [-0.3, -0.25) is 4.99 Å². The second-order valence-electron chi connectivity index (χ2n) is 3.70. The number of rotatable bonds is 4. The molecule has 0 radical (unpaired) electrons. The van der Waals surface area contributed by atoms with Crippen molar-refractivity contribution in [1.82, 2.24) is 10.2 Å². The van der Waals surface area contributed by atoms with E-state index in [9.17, 15) is 0 Å². The van der Waals surface area contributed by atoms with Gasteiger partial charge in [-0.2, -0.15) is 0 Å². The highest BCUT2D eigenvalue weighted by atomic mass is 127. The molecule has 0 bridgehead atoms. The molecule has 1 aromatic rings. The van der Waals surface area contributed by atoms with Crippen LogP contribution in [0.1, 0.15) is 5.56 Å². The molecule has 0 aromatic heterocycles. The van der Waals surface area contributed by atoms with E-state index >= 15 is 0 Å². The number of guanidine groups is 1. The van der Waals surface area contributed by atoms with E-state index < -0.39 is 0 Å². The molecule has 5 heteroatoms. The van der Waals surface area contributed by atoms with Crippen LogP contribution in [0.15, 0.2) is 46.4 Å². The van der Waals surface area contributed by atoms with Gasteiger partial charge >= 0.3 is 0 Å². The van der Waals surface area contributed by atoms with Crippen LogP contribution in [-0.2, 0) is 6.54 Å². The zero-order valence-electron chi connectivity index (χ0n) is 10.7. The van der Waals surface area contributed by atoms with Gasteiger partial charge in [-0.1, -0.05) is 34.1 Å². The minimum Gasteiger partial charge on any atom is -0.353 e. The van der Waals surface area contributed by atoms with Crippen LogP contribution in [0.3, 0.4) is 0 Å². The van der Waals surface area contributed by atoms with Gasteiger partial charge in [0.25, 0.3) is 0 Å². The van der Waals surface area contributed by atoms with Crippen molar-refractivity contribution in [2.24, 2.45) is 4.99 Å². The average Bonchev–Trinajstić information content (AvgIpc) is 2.33. The number of benzene rings is 1. The second-order valence-corrected chi connectivity index (χ2v) is 4.61. The fourth-order valence-corrected chi connectivity index (χ4v) is 1.75. The summed E-state index contributed by atoms with van der Waals surface area (Å²) in [6.45, 7) is 5.22. The monoisotopic (exact) mass is 423 g/mol. The molecular formula is C13H19BrIN3. The third-order valence-corrected chi connectivity index (χ3v) is 2.84. The van der Waals surface area contributed by atoms with Gasteiger partial charge in [0.2, 0.25) is 0 Å². The van der Waals surface area contributed by atoms with Crippen molar-refractivity contribution in [3.05, 3.63) is 47.0 Å². The highest BCUT2D eigenvalue weighted by molar-refractivity contribution is 14.0. The van der Waals surface area contributed by atoms with E-state index in [1.54, 1.807) is 7.05 Å². The normalized spacial score (nSPS) is 10.5. The van der Waals surface area contributed by atoms with Gasteiger partial charge in [0.1, 0.15) is 0 Å². The zero-order chi connectivity index (χ0) is 12.7. The summed E-state index contributed by atoms with van der Waals surface area (Å²) in [5.74, 6) is 0.868. The van der Waals surface area contributed by atoms with E-state index in [1.807, 2.05) is 25.3 Å². The Hall–Kier alpha value is -0.560. The van der Waals surface area contributed by atoms with Gasteiger partial charge in [0.15, 0.2) is 5.96 Å². The molecule has 1 N–H and O–H groups in total. The van der Waals surface area contributed by atoms with E-state index in [-0.39, 0.29) is 24.0 Å². The molecule has 0 fully saturated rings. The van der Waals surface area contributed by atoms with Crippen LogP contribution in [0, 0.1) is 0 Å². The maximum atomic E-state index is 4.21. The van der Waals surface area contributed by atoms with Crippen molar-refractivity contribution >= 4 is 45.9 Å². The Balaban J connectivity index is 0.00000289. The lowest BCUT2D eigenvalue weighted by Gasteiger charge is -2.21. The smallest absolute Gasteiger partial charge is 0.193 e. The van der Waals surface area contributed by atoms with Gasteiger partial charge in [-0.25, -0.2) is 0 Å². The summed E-state index contributed by atoms with van der Waals surface area (Å²) in [6, 6.07) is 8.29. The van der Waals surface area contributed by atoms with Crippen LogP contribution in [0.4, 0.5) is 0 Å². The van der Waals surface area contributed by atoms with E-state index in [4.69, 9.17) is 0 Å². The number of hydrogen-bond acceptors (Lipinski definition) is 1. The maximum Gasteiger partial charge on any atom is 0.193 e. The molecule has 3 nitrogen and oxygen atoms in total. The summed E-state index contributed by atoms with van der Waals surface area (Å²) in [6.07, 6.45) is 1.82. The molecule has 0 heterocycles. The summed E-state index contributed by atoms with van der Waals surface area (Å²) >= 11 is 3.43. The topological polar surface area (TPSA) is 27.6 Å². The van der Waals surface area contributed by atoms with Crippen LogP contribution < -0.4 is 5.32 Å². The number of halogens is 2. The minimum absolute atomic E-state index is 0. The molecule has 0 aliphatic carbocycles. The lowest BCUT2D eigenvalue weighted by molar-refractivity contribution is 0.480. The molecular weight excluding hydrogens is 405 g/mol. The molecule has 1 rings (SSSR count). The molecule has 1 aromatic carbocycles. The van der Waals surface area contributed by atoms with Gasteiger partial charge < -0.3 is 10.2 Å². The molecule has 0 atom stereocenters. The van der Waals surface area contributed by atoms with E-state index in [2.05, 4.69) is 49.9 Å². The molecule has 18 heavy (non-hydrogen) atoms. The van der Waals surface area contributed by atoms with E-state index in [0.717, 1.165) is 23.5 Å². The van der Waals surface area contributed by atoms with Crippen LogP contribution in [0.5, 0.6) is 0 Å². The Labute approximate surface area is 135 Å². The summed E-state index contributed by atoms with van der Waals surface area (Å²) in [5, 5.41) is 3.20. The second kappa shape index (κ2) is 9.38. The Kier molecular flexibility index (Phi) is 9.09. The molecule has 0 saturated carbocycles. The lowest BCUT2D eigenvalue weighted by Crippen LogP contribution is -2.38. The van der Waals surface area contributed by atoms with E-state index in [1.165, 1.54) is 5.56 Å². The van der Waals surface area contributed by atoms with Gasteiger partial charge in [0, 0.05) is 31.7 Å². The Morgan fingerprint density at radius 1 is 1.44 bits per heavy atom. The summed E-state index contributed by atoms with van der Waals surface area (Å²) in [4.78, 5) is 6.29.